The summed E-state index contributed by atoms with van der Waals surface area (Å²) >= 11 is 3.42. The Balaban J connectivity index is 2.19. The van der Waals surface area contributed by atoms with Crippen LogP contribution in [-0.4, -0.2) is 19.7 Å². The first-order chi connectivity index (χ1) is 11.5. The largest absolute Gasteiger partial charge is 0.492 e. The molecule has 0 bridgehead atoms. The molecule has 0 aliphatic carbocycles. The van der Waals surface area contributed by atoms with Crippen LogP contribution in [0, 0.1) is 5.82 Å². The number of esters is 1. The third-order valence-corrected chi connectivity index (χ3v) is 4.34. The van der Waals surface area contributed by atoms with Gasteiger partial charge in [-0.3, -0.25) is 0 Å². The first kappa shape index (κ1) is 18.3. The van der Waals surface area contributed by atoms with Crippen LogP contribution in [0.2, 0.25) is 0 Å². The van der Waals surface area contributed by atoms with Crippen LogP contribution >= 0.6 is 15.9 Å². The molecule has 0 spiro atoms. The fraction of sp³-hybridized carbons (Fsp3) is 0.278. The van der Waals surface area contributed by atoms with E-state index >= 15 is 0 Å². The number of carbonyl (C=O) groups is 1. The summed E-state index contributed by atoms with van der Waals surface area (Å²) < 4.78 is 24.7. The average molecular weight is 396 g/mol. The van der Waals surface area contributed by atoms with E-state index in [1.54, 1.807) is 12.1 Å². The summed E-state index contributed by atoms with van der Waals surface area (Å²) in [6.45, 7) is 6.66. The maximum absolute atomic E-state index is 13.7. The smallest absolute Gasteiger partial charge is 0.337 e. The highest BCUT2D eigenvalue weighted by atomic mass is 79.9. The Kier molecular flexibility index (Phi) is 6.20. The van der Waals surface area contributed by atoms with Crippen LogP contribution in [-0.2, 0) is 16.0 Å². The van der Waals surface area contributed by atoms with Gasteiger partial charge in [-0.15, -0.1) is 0 Å². The van der Waals surface area contributed by atoms with Crippen molar-refractivity contribution in [3.63, 3.8) is 0 Å². The van der Waals surface area contributed by atoms with Gasteiger partial charge in [0.15, 0.2) is 0 Å². The van der Waals surface area contributed by atoms with Gasteiger partial charge in [-0.1, -0.05) is 12.7 Å². The number of ether oxygens (including phenoxy) is 2. The number of halogens is 2. The van der Waals surface area contributed by atoms with E-state index < -0.39 is 11.8 Å². The van der Waals surface area contributed by atoms with Crippen LogP contribution < -0.4 is 5.32 Å². The number of hydrogen-bond donors (Lipinski definition) is 1. The van der Waals surface area contributed by atoms with Gasteiger partial charge in [-0.2, -0.15) is 0 Å². The van der Waals surface area contributed by atoms with Crippen LogP contribution in [0.3, 0.4) is 0 Å². The topological polar surface area (TPSA) is 47.6 Å². The third kappa shape index (κ3) is 4.26. The molecule has 1 aromatic rings. The minimum absolute atomic E-state index is 0.193. The molecule has 0 atom stereocenters. The van der Waals surface area contributed by atoms with Crippen LogP contribution in [0.4, 0.5) is 4.39 Å². The molecule has 1 aliphatic heterocycles. The van der Waals surface area contributed by atoms with Gasteiger partial charge in [0.05, 0.1) is 23.8 Å². The Morgan fingerprint density at radius 2 is 2.25 bits per heavy atom. The van der Waals surface area contributed by atoms with Gasteiger partial charge >= 0.3 is 5.97 Å². The molecule has 1 heterocycles. The second-order valence-corrected chi connectivity index (χ2v) is 6.13. The van der Waals surface area contributed by atoms with E-state index in [0.717, 1.165) is 34.0 Å². The molecule has 0 saturated carbocycles. The van der Waals surface area contributed by atoms with Gasteiger partial charge in [-0.25, -0.2) is 9.18 Å². The highest BCUT2D eigenvalue weighted by Gasteiger charge is 2.20. The third-order valence-electron chi connectivity index (χ3n) is 3.66. The van der Waals surface area contributed by atoms with Gasteiger partial charge in [-0.05, 0) is 46.6 Å². The molecule has 2 rings (SSSR count). The zero-order chi connectivity index (χ0) is 17.7. The first-order valence-electron chi connectivity index (χ1n) is 7.43. The summed E-state index contributed by atoms with van der Waals surface area (Å²) in [4.78, 5) is 11.6. The average Bonchev–Trinajstić information content (AvgIpc) is 3.07. The Bertz CT molecular complexity index is 725. The van der Waals surface area contributed by atoms with E-state index in [2.05, 4.69) is 32.6 Å². The minimum Gasteiger partial charge on any atom is -0.492 e. The number of hydrogen-bond acceptors (Lipinski definition) is 4. The van der Waals surface area contributed by atoms with Crippen LogP contribution in [0.15, 0.2) is 52.4 Å². The molecule has 4 nitrogen and oxygen atoms in total. The van der Waals surface area contributed by atoms with Crippen molar-refractivity contribution in [2.75, 3.05) is 13.7 Å². The lowest BCUT2D eigenvalue weighted by atomic mass is 10.1. The van der Waals surface area contributed by atoms with Crippen LogP contribution in [0.25, 0.3) is 0 Å². The van der Waals surface area contributed by atoms with Crippen LogP contribution in [0.1, 0.15) is 29.3 Å². The van der Waals surface area contributed by atoms with E-state index in [9.17, 15) is 9.18 Å². The second-order valence-electron chi connectivity index (χ2n) is 5.28. The van der Waals surface area contributed by atoms with E-state index in [1.165, 1.54) is 13.2 Å². The number of methoxy groups -OCH3 is 1. The van der Waals surface area contributed by atoms with E-state index in [4.69, 9.17) is 4.74 Å². The molecule has 0 aromatic heterocycles. The molecule has 0 unspecified atom stereocenters. The molecule has 0 amide bonds. The maximum Gasteiger partial charge on any atom is 0.337 e. The van der Waals surface area contributed by atoms with Gasteiger partial charge < -0.3 is 14.8 Å². The molecule has 1 aromatic carbocycles. The van der Waals surface area contributed by atoms with Crippen LogP contribution in [0.5, 0.6) is 0 Å². The Morgan fingerprint density at radius 1 is 1.50 bits per heavy atom. The zero-order valence-corrected chi connectivity index (χ0v) is 15.2. The molecule has 0 radical (unpaired) electrons. The molecule has 1 aliphatic rings. The monoisotopic (exact) mass is 395 g/mol. The molecule has 1 N–H and O–H groups in total. The first-order valence-corrected chi connectivity index (χ1v) is 8.22. The number of allylic oxidation sites excluding steroid dienone is 4. The van der Waals surface area contributed by atoms with E-state index in [1.807, 2.05) is 6.92 Å². The maximum atomic E-state index is 13.7. The molecule has 24 heavy (non-hydrogen) atoms. The van der Waals surface area contributed by atoms with Crippen molar-refractivity contribution in [3.8, 4) is 0 Å². The lowest BCUT2D eigenvalue weighted by Crippen LogP contribution is -2.14. The second kappa shape index (κ2) is 8.15. The summed E-state index contributed by atoms with van der Waals surface area (Å²) in [6.07, 6.45) is 2.47. The molecular formula is C18H19BrFNO3. The van der Waals surface area contributed by atoms with E-state index in [-0.39, 0.29) is 5.56 Å². The molecule has 1 fully saturated rings. The minimum atomic E-state index is -0.560. The number of carbonyl (C=O) groups excluding carboxylic acids is 1. The van der Waals surface area contributed by atoms with Crippen molar-refractivity contribution >= 4 is 21.9 Å². The molecular weight excluding hydrogens is 377 g/mol. The lowest BCUT2D eigenvalue weighted by molar-refractivity contribution is 0.0600. The van der Waals surface area contributed by atoms with Crippen molar-refractivity contribution in [1.82, 2.24) is 5.32 Å². The Morgan fingerprint density at radius 3 is 2.92 bits per heavy atom. The highest BCUT2D eigenvalue weighted by molar-refractivity contribution is 9.11. The summed E-state index contributed by atoms with van der Waals surface area (Å²) in [5.41, 5.74) is 2.83. The van der Waals surface area contributed by atoms with Crippen molar-refractivity contribution in [2.24, 2.45) is 0 Å². The molecule has 1 saturated heterocycles. The number of benzene rings is 1. The SMILES string of the molecule is C=C/C(Br)=C1/OCC/C1=C(/C)NCc1cc(F)cc(C(=O)OC)c1. The predicted molar refractivity (Wildman–Crippen MR) is 94.0 cm³/mol. The number of nitrogens with one attached hydrogen (secondary N) is 1. The van der Waals surface area contributed by atoms with Crippen molar-refractivity contribution in [1.29, 1.82) is 0 Å². The molecule has 6 heteroatoms. The summed E-state index contributed by atoms with van der Waals surface area (Å²) in [5, 5.41) is 3.25. The van der Waals surface area contributed by atoms with Gasteiger partial charge in [0, 0.05) is 24.2 Å². The van der Waals surface area contributed by atoms with Gasteiger partial charge in [0.2, 0.25) is 0 Å². The fourth-order valence-corrected chi connectivity index (χ4v) is 2.80. The Hall–Kier alpha value is -2.08. The standard InChI is InChI=1S/C18H19BrFNO3/c1-4-16(19)17-15(5-6-24-17)11(2)21-10-12-7-13(18(22)23-3)9-14(20)8-12/h4,7-9,21H,1,5-6,10H2,2-3H3/b15-11+,17-16-. The van der Waals surface area contributed by atoms with Gasteiger partial charge in [0.25, 0.3) is 0 Å². The summed E-state index contributed by atoms with van der Waals surface area (Å²) in [7, 11) is 1.27. The van der Waals surface area contributed by atoms with Crippen molar-refractivity contribution in [2.45, 2.75) is 19.9 Å². The quantitative estimate of drug-likeness (QED) is 0.759. The Labute approximate surface area is 149 Å². The lowest BCUT2D eigenvalue weighted by Gasteiger charge is -2.12. The predicted octanol–water partition coefficient (Wildman–Crippen LogP) is 4.19. The molecule has 128 valence electrons. The summed E-state index contributed by atoms with van der Waals surface area (Å²) in [6, 6.07) is 4.16. The summed E-state index contributed by atoms with van der Waals surface area (Å²) in [5.74, 6) is -0.265. The van der Waals surface area contributed by atoms with Crippen molar-refractivity contribution in [3.05, 3.63) is 69.3 Å². The van der Waals surface area contributed by atoms with E-state index in [0.29, 0.717) is 18.7 Å². The number of rotatable bonds is 5. The fourth-order valence-electron chi connectivity index (χ4n) is 2.45. The highest BCUT2D eigenvalue weighted by Crippen LogP contribution is 2.31. The van der Waals surface area contributed by atoms with Crippen molar-refractivity contribution < 1.29 is 18.7 Å². The van der Waals surface area contributed by atoms with Gasteiger partial charge in [0.1, 0.15) is 11.6 Å². The zero-order valence-electron chi connectivity index (χ0n) is 13.6. The normalized spacial score (nSPS) is 17.8.